The van der Waals surface area contributed by atoms with E-state index < -0.39 is 23.6 Å². The van der Waals surface area contributed by atoms with Gasteiger partial charge >= 0.3 is 6.18 Å². The summed E-state index contributed by atoms with van der Waals surface area (Å²) in [4.78, 5) is 12.5. The summed E-state index contributed by atoms with van der Waals surface area (Å²) in [5.74, 6) is -1.07. The maximum Gasteiger partial charge on any atom is 0.435 e. The highest BCUT2D eigenvalue weighted by Gasteiger charge is 2.35. The fraction of sp³-hybridized carbons (Fsp3) is 0.0435. The molecule has 168 valence electrons. The van der Waals surface area contributed by atoms with E-state index in [2.05, 4.69) is 10.4 Å². The number of carbonyl (C=O) groups excluding carboxylic acids is 1. The fourth-order valence-corrected chi connectivity index (χ4v) is 3.54. The van der Waals surface area contributed by atoms with Crippen molar-refractivity contribution in [2.45, 2.75) is 6.18 Å². The van der Waals surface area contributed by atoms with Gasteiger partial charge in [-0.2, -0.15) is 18.3 Å². The second-order valence-corrected chi connectivity index (χ2v) is 7.75. The van der Waals surface area contributed by atoms with Gasteiger partial charge in [0.15, 0.2) is 5.69 Å². The molecule has 10 heteroatoms. The Kier molecular flexibility index (Phi) is 6.14. The Morgan fingerprint density at radius 3 is 2.24 bits per heavy atom. The van der Waals surface area contributed by atoms with Gasteiger partial charge in [-0.3, -0.25) is 4.79 Å². The molecule has 4 rings (SSSR count). The SMILES string of the molecule is O=C(Nc1ccc(F)cc1Cl)c1ccc(-c2cc(C(F)(F)F)nn2-c2ccccc2Cl)cc1. The molecule has 1 aromatic heterocycles. The lowest BCUT2D eigenvalue weighted by molar-refractivity contribution is -0.141. The van der Waals surface area contributed by atoms with Gasteiger partial charge in [0.2, 0.25) is 0 Å². The average Bonchev–Trinajstić information content (AvgIpc) is 3.22. The molecule has 1 amide bonds. The largest absolute Gasteiger partial charge is 0.435 e. The number of aromatic nitrogens is 2. The van der Waals surface area contributed by atoms with Crippen LogP contribution in [-0.2, 0) is 6.18 Å². The van der Waals surface area contributed by atoms with Crippen LogP contribution in [0.4, 0.5) is 23.2 Å². The molecule has 0 fully saturated rings. The molecule has 0 atom stereocenters. The number of benzene rings is 3. The van der Waals surface area contributed by atoms with Crippen LogP contribution in [0.3, 0.4) is 0 Å². The Labute approximate surface area is 195 Å². The summed E-state index contributed by atoms with van der Waals surface area (Å²) >= 11 is 12.1. The average molecular weight is 494 g/mol. The van der Waals surface area contributed by atoms with E-state index in [0.717, 1.165) is 22.9 Å². The zero-order chi connectivity index (χ0) is 23.8. The molecule has 0 radical (unpaired) electrons. The first kappa shape index (κ1) is 22.8. The van der Waals surface area contributed by atoms with Crippen LogP contribution < -0.4 is 5.32 Å². The third-order valence-corrected chi connectivity index (χ3v) is 5.33. The first-order chi connectivity index (χ1) is 15.6. The van der Waals surface area contributed by atoms with E-state index in [9.17, 15) is 22.4 Å². The molecule has 0 aliphatic carbocycles. The van der Waals surface area contributed by atoms with Gasteiger partial charge in [0.05, 0.1) is 27.1 Å². The van der Waals surface area contributed by atoms with E-state index in [1.54, 1.807) is 24.3 Å². The van der Waals surface area contributed by atoms with Crippen LogP contribution in [0.25, 0.3) is 16.9 Å². The van der Waals surface area contributed by atoms with Gasteiger partial charge in [-0.15, -0.1) is 0 Å². The van der Waals surface area contributed by atoms with Crippen LogP contribution in [-0.4, -0.2) is 15.7 Å². The lowest BCUT2D eigenvalue weighted by Crippen LogP contribution is -2.12. The quantitative estimate of drug-likeness (QED) is 0.304. The summed E-state index contributed by atoms with van der Waals surface area (Å²) in [6.45, 7) is 0. The van der Waals surface area contributed by atoms with Crippen molar-refractivity contribution in [1.29, 1.82) is 0 Å². The van der Waals surface area contributed by atoms with Crippen molar-refractivity contribution >= 4 is 34.8 Å². The minimum Gasteiger partial charge on any atom is -0.321 e. The molecule has 0 aliphatic heterocycles. The van der Waals surface area contributed by atoms with E-state index >= 15 is 0 Å². The van der Waals surface area contributed by atoms with Gasteiger partial charge in [-0.25, -0.2) is 9.07 Å². The van der Waals surface area contributed by atoms with Gasteiger partial charge in [0.25, 0.3) is 5.91 Å². The van der Waals surface area contributed by atoms with Crippen LogP contribution in [0.1, 0.15) is 16.1 Å². The minimum atomic E-state index is -4.66. The Morgan fingerprint density at radius 2 is 1.61 bits per heavy atom. The Balaban J connectivity index is 1.68. The fourth-order valence-electron chi connectivity index (χ4n) is 3.11. The Bertz CT molecular complexity index is 1330. The predicted octanol–water partition coefficient (Wildman–Crippen LogP) is 7.26. The molecule has 3 aromatic carbocycles. The van der Waals surface area contributed by atoms with Gasteiger partial charge in [0, 0.05) is 11.1 Å². The van der Waals surface area contributed by atoms with E-state index in [-0.39, 0.29) is 32.7 Å². The summed E-state index contributed by atoms with van der Waals surface area (Å²) in [7, 11) is 0. The smallest absolute Gasteiger partial charge is 0.321 e. The lowest BCUT2D eigenvalue weighted by Gasteiger charge is -2.10. The second-order valence-electron chi connectivity index (χ2n) is 6.93. The van der Waals surface area contributed by atoms with E-state index in [4.69, 9.17) is 23.2 Å². The molecule has 1 heterocycles. The van der Waals surface area contributed by atoms with E-state index in [1.807, 2.05) is 0 Å². The highest BCUT2D eigenvalue weighted by molar-refractivity contribution is 6.34. The number of carbonyl (C=O) groups is 1. The molecule has 4 nitrogen and oxygen atoms in total. The Morgan fingerprint density at radius 1 is 0.909 bits per heavy atom. The number of amides is 1. The van der Waals surface area contributed by atoms with Crippen molar-refractivity contribution in [2.75, 3.05) is 5.32 Å². The van der Waals surface area contributed by atoms with Gasteiger partial charge in [-0.1, -0.05) is 47.5 Å². The van der Waals surface area contributed by atoms with Crippen molar-refractivity contribution in [3.05, 3.63) is 99.9 Å². The van der Waals surface area contributed by atoms with E-state index in [0.29, 0.717) is 5.56 Å². The number of rotatable bonds is 4. The van der Waals surface area contributed by atoms with Crippen LogP contribution in [0.15, 0.2) is 72.8 Å². The third-order valence-electron chi connectivity index (χ3n) is 4.70. The summed E-state index contributed by atoms with van der Waals surface area (Å²) in [5.41, 5.74) is 0.165. The molecule has 0 spiro atoms. The number of nitrogens with zero attached hydrogens (tertiary/aromatic N) is 2. The molecule has 33 heavy (non-hydrogen) atoms. The molecule has 0 saturated carbocycles. The van der Waals surface area contributed by atoms with Crippen LogP contribution >= 0.6 is 23.2 Å². The summed E-state index contributed by atoms with van der Waals surface area (Å²) in [6, 6.07) is 16.7. The molecule has 0 saturated heterocycles. The maximum absolute atomic E-state index is 13.4. The normalized spacial score (nSPS) is 11.5. The highest BCUT2D eigenvalue weighted by atomic mass is 35.5. The number of anilines is 1. The van der Waals surface area contributed by atoms with Crippen molar-refractivity contribution in [1.82, 2.24) is 9.78 Å². The second kappa shape index (κ2) is 8.88. The molecule has 0 bridgehead atoms. The maximum atomic E-state index is 13.4. The monoisotopic (exact) mass is 493 g/mol. The van der Waals surface area contributed by atoms with Crippen molar-refractivity contribution in [3.8, 4) is 16.9 Å². The van der Waals surface area contributed by atoms with Crippen molar-refractivity contribution in [3.63, 3.8) is 0 Å². The van der Waals surface area contributed by atoms with Gasteiger partial charge in [-0.05, 0) is 48.5 Å². The Hall–Kier alpha value is -3.36. The van der Waals surface area contributed by atoms with Crippen LogP contribution in [0, 0.1) is 5.82 Å². The number of hydrogen-bond acceptors (Lipinski definition) is 2. The van der Waals surface area contributed by atoms with Gasteiger partial charge < -0.3 is 5.32 Å². The zero-order valence-electron chi connectivity index (χ0n) is 16.5. The minimum absolute atomic E-state index is 0.0308. The highest BCUT2D eigenvalue weighted by Crippen LogP contribution is 2.34. The standard InChI is InChI=1S/C23H13Cl2F4N3O/c24-16-3-1-2-4-19(16)32-20(12-21(31-32)23(27,28)29)13-5-7-14(8-6-13)22(33)30-18-10-9-15(26)11-17(18)25/h1-12H,(H,30,33). The van der Waals surface area contributed by atoms with E-state index in [1.165, 1.54) is 30.3 Å². The molecule has 0 aliphatic rings. The predicted molar refractivity (Wildman–Crippen MR) is 118 cm³/mol. The zero-order valence-corrected chi connectivity index (χ0v) is 18.0. The summed E-state index contributed by atoms with van der Waals surface area (Å²) < 4.78 is 54.4. The first-order valence-electron chi connectivity index (χ1n) is 9.42. The molecule has 1 N–H and O–H groups in total. The third kappa shape index (κ3) is 4.86. The van der Waals surface area contributed by atoms with Crippen molar-refractivity contribution < 1.29 is 22.4 Å². The molecule has 0 unspecified atom stereocenters. The molecular weight excluding hydrogens is 481 g/mol. The number of para-hydroxylation sites is 1. The summed E-state index contributed by atoms with van der Waals surface area (Å²) in [5, 5.41) is 6.52. The van der Waals surface area contributed by atoms with Crippen LogP contribution in [0.5, 0.6) is 0 Å². The molecular formula is C23H13Cl2F4N3O. The number of halogens is 6. The molecule has 4 aromatic rings. The lowest BCUT2D eigenvalue weighted by atomic mass is 10.1. The van der Waals surface area contributed by atoms with Gasteiger partial charge in [0.1, 0.15) is 5.82 Å². The number of hydrogen-bond donors (Lipinski definition) is 1. The number of alkyl halides is 3. The first-order valence-corrected chi connectivity index (χ1v) is 10.2. The number of nitrogens with one attached hydrogen (secondary N) is 1. The van der Waals surface area contributed by atoms with Crippen LogP contribution in [0.2, 0.25) is 10.0 Å². The van der Waals surface area contributed by atoms with Crippen molar-refractivity contribution in [2.24, 2.45) is 0 Å². The summed E-state index contributed by atoms with van der Waals surface area (Å²) in [6.07, 6.45) is -4.66. The topological polar surface area (TPSA) is 46.9 Å².